The van der Waals surface area contributed by atoms with Crippen molar-refractivity contribution in [1.29, 1.82) is 0 Å². The number of nitrogens with one attached hydrogen (secondary N) is 1. The highest BCUT2D eigenvalue weighted by Gasteiger charge is 2.15. The van der Waals surface area contributed by atoms with Gasteiger partial charge in [-0.15, -0.1) is 23.1 Å². The SMILES string of the molecule is CC(Sc1cccs1)C(=O)Nc1ccc(F)c(N)c1. The number of carbonyl (C=O) groups is 1. The van der Waals surface area contributed by atoms with Gasteiger partial charge in [-0.25, -0.2) is 4.39 Å². The summed E-state index contributed by atoms with van der Waals surface area (Å²) < 4.78 is 14.1. The molecule has 0 spiro atoms. The molecule has 1 aromatic heterocycles. The first-order valence-electron chi connectivity index (χ1n) is 5.62. The van der Waals surface area contributed by atoms with Crippen molar-refractivity contribution in [2.75, 3.05) is 11.1 Å². The number of amides is 1. The van der Waals surface area contributed by atoms with E-state index in [9.17, 15) is 9.18 Å². The third-order valence-corrected chi connectivity index (χ3v) is 4.60. The maximum absolute atomic E-state index is 13.0. The number of hydrogen-bond donors (Lipinski definition) is 2. The molecule has 1 aromatic carbocycles. The average molecular weight is 296 g/mol. The molecule has 100 valence electrons. The third kappa shape index (κ3) is 3.71. The molecular formula is C13H13FN2OS2. The van der Waals surface area contributed by atoms with Gasteiger partial charge in [0.05, 0.1) is 15.1 Å². The van der Waals surface area contributed by atoms with Gasteiger partial charge in [-0.1, -0.05) is 6.07 Å². The number of nitrogen functional groups attached to an aromatic ring is 1. The second-order valence-corrected chi connectivity index (χ2v) is 6.51. The number of nitrogens with two attached hydrogens (primary N) is 1. The molecule has 3 N–H and O–H groups in total. The van der Waals surface area contributed by atoms with Gasteiger partial charge >= 0.3 is 0 Å². The first-order chi connectivity index (χ1) is 9.06. The van der Waals surface area contributed by atoms with Gasteiger partial charge in [0, 0.05) is 5.69 Å². The van der Waals surface area contributed by atoms with Gasteiger partial charge in [-0.2, -0.15) is 0 Å². The molecule has 1 amide bonds. The number of thioether (sulfide) groups is 1. The van der Waals surface area contributed by atoms with E-state index in [1.54, 1.807) is 11.3 Å². The summed E-state index contributed by atoms with van der Waals surface area (Å²) in [6, 6.07) is 8.05. The molecule has 1 heterocycles. The molecule has 6 heteroatoms. The summed E-state index contributed by atoms with van der Waals surface area (Å²) in [6.45, 7) is 1.83. The van der Waals surface area contributed by atoms with E-state index < -0.39 is 5.82 Å². The molecular weight excluding hydrogens is 283 g/mol. The highest BCUT2D eigenvalue weighted by atomic mass is 32.2. The smallest absolute Gasteiger partial charge is 0.237 e. The molecule has 0 aliphatic heterocycles. The van der Waals surface area contributed by atoms with E-state index >= 15 is 0 Å². The van der Waals surface area contributed by atoms with E-state index in [-0.39, 0.29) is 16.8 Å². The van der Waals surface area contributed by atoms with E-state index in [0.717, 1.165) is 4.21 Å². The summed E-state index contributed by atoms with van der Waals surface area (Å²) in [6.07, 6.45) is 0. The lowest BCUT2D eigenvalue weighted by atomic mass is 10.2. The second kappa shape index (κ2) is 6.08. The van der Waals surface area contributed by atoms with Crippen LogP contribution in [0.5, 0.6) is 0 Å². The molecule has 0 saturated heterocycles. The van der Waals surface area contributed by atoms with Gasteiger partial charge < -0.3 is 11.1 Å². The van der Waals surface area contributed by atoms with Crippen molar-refractivity contribution in [1.82, 2.24) is 0 Å². The maximum Gasteiger partial charge on any atom is 0.237 e. The van der Waals surface area contributed by atoms with Crippen LogP contribution >= 0.6 is 23.1 Å². The van der Waals surface area contributed by atoms with E-state index in [4.69, 9.17) is 5.73 Å². The molecule has 1 unspecified atom stereocenters. The third-order valence-electron chi connectivity index (χ3n) is 2.42. The Morgan fingerprint density at radius 3 is 2.89 bits per heavy atom. The van der Waals surface area contributed by atoms with Crippen molar-refractivity contribution in [3.05, 3.63) is 41.5 Å². The van der Waals surface area contributed by atoms with Crippen molar-refractivity contribution in [3.63, 3.8) is 0 Å². The minimum Gasteiger partial charge on any atom is -0.396 e. The Kier molecular flexibility index (Phi) is 4.44. The lowest BCUT2D eigenvalue weighted by Gasteiger charge is -2.11. The fourth-order valence-electron chi connectivity index (χ4n) is 1.42. The normalized spacial score (nSPS) is 12.1. The molecule has 0 radical (unpaired) electrons. The van der Waals surface area contributed by atoms with Crippen LogP contribution in [0.1, 0.15) is 6.92 Å². The van der Waals surface area contributed by atoms with E-state index in [2.05, 4.69) is 5.32 Å². The van der Waals surface area contributed by atoms with Gasteiger partial charge in [-0.3, -0.25) is 4.79 Å². The van der Waals surface area contributed by atoms with Crippen molar-refractivity contribution in [3.8, 4) is 0 Å². The molecule has 2 rings (SSSR count). The number of carbonyl (C=O) groups excluding carboxylic acids is 1. The highest BCUT2D eigenvalue weighted by Crippen LogP contribution is 2.28. The molecule has 19 heavy (non-hydrogen) atoms. The standard InChI is InChI=1S/C13H13FN2OS2/c1-8(19-12-3-2-6-18-12)13(17)16-9-4-5-10(14)11(15)7-9/h2-8H,15H2,1H3,(H,16,17). The minimum atomic E-state index is -0.487. The van der Waals surface area contributed by atoms with E-state index in [1.165, 1.54) is 30.0 Å². The Morgan fingerprint density at radius 2 is 2.26 bits per heavy atom. The molecule has 0 aliphatic carbocycles. The van der Waals surface area contributed by atoms with Crippen LogP contribution in [0, 0.1) is 5.82 Å². The summed E-state index contributed by atoms with van der Waals surface area (Å²) in [5, 5.41) is 4.45. The molecule has 0 saturated carbocycles. The Balaban J connectivity index is 1.98. The van der Waals surface area contributed by atoms with Crippen LogP contribution < -0.4 is 11.1 Å². The number of anilines is 2. The molecule has 0 bridgehead atoms. The van der Waals surface area contributed by atoms with Crippen LogP contribution in [0.15, 0.2) is 39.9 Å². The Hall–Kier alpha value is -1.53. The molecule has 1 atom stereocenters. The predicted molar refractivity (Wildman–Crippen MR) is 79.1 cm³/mol. The summed E-state index contributed by atoms with van der Waals surface area (Å²) in [4.78, 5) is 12.0. The Labute approximate surface area is 119 Å². The van der Waals surface area contributed by atoms with Gasteiger partial charge in [0.2, 0.25) is 5.91 Å². The zero-order valence-electron chi connectivity index (χ0n) is 10.2. The van der Waals surface area contributed by atoms with Crippen LogP contribution in [-0.2, 0) is 4.79 Å². The second-order valence-electron chi connectivity index (χ2n) is 3.92. The first kappa shape index (κ1) is 13.9. The van der Waals surface area contributed by atoms with Gasteiger partial charge in [0.1, 0.15) is 5.82 Å². The van der Waals surface area contributed by atoms with Crippen LogP contribution in [0.25, 0.3) is 0 Å². The first-order valence-corrected chi connectivity index (χ1v) is 7.38. The zero-order valence-corrected chi connectivity index (χ0v) is 11.9. The number of halogens is 1. The summed E-state index contributed by atoms with van der Waals surface area (Å²) in [5.74, 6) is -0.622. The van der Waals surface area contributed by atoms with E-state index in [1.807, 2.05) is 24.4 Å². The van der Waals surface area contributed by atoms with Crippen LogP contribution in [0.2, 0.25) is 0 Å². The fraction of sp³-hybridized carbons (Fsp3) is 0.154. The van der Waals surface area contributed by atoms with Gasteiger partial charge in [0.15, 0.2) is 0 Å². The summed E-state index contributed by atoms with van der Waals surface area (Å²) in [5.41, 5.74) is 5.98. The lowest BCUT2D eigenvalue weighted by Crippen LogP contribution is -2.22. The van der Waals surface area contributed by atoms with Crippen molar-refractivity contribution >= 4 is 40.4 Å². The Morgan fingerprint density at radius 1 is 1.47 bits per heavy atom. The number of thiophene rings is 1. The minimum absolute atomic E-state index is 0.0244. The van der Waals surface area contributed by atoms with Crippen molar-refractivity contribution in [2.24, 2.45) is 0 Å². The average Bonchev–Trinajstić information content (AvgIpc) is 2.86. The van der Waals surface area contributed by atoms with Crippen LogP contribution in [0.4, 0.5) is 15.8 Å². The Bertz CT molecular complexity index is 572. The van der Waals surface area contributed by atoms with E-state index in [0.29, 0.717) is 5.69 Å². The largest absolute Gasteiger partial charge is 0.396 e. The fourth-order valence-corrected chi connectivity index (χ4v) is 3.37. The monoisotopic (exact) mass is 296 g/mol. The van der Waals surface area contributed by atoms with Gasteiger partial charge in [0.25, 0.3) is 0 Å². The lowest BCUT2D eigenvalue weighted by molar-refractivity contribution is -0.115. The number of hydrogen-bond acceptors (Lipinski definition) is 4. The number of benzene rings is 1. The van der Waals surface area contributed by atoms with Crippen LogP contribution in [-0.4, -0.2) is 11.2 Å². The van der Waals surface area contributed by atoms with Crippen LogP contribution in [0.3, 0.4) is 0 Å². The predicted octanol–water partition coefficient (Wildman–Crippen LogP) is 3.59. The number of rotatable bonds is 4. The molecule has 3 nitrogen and oxygen atoms in total. The molecule has 0 fully saturated rings. The molecule has 0 aliphatic rings. The van der Waals surface area contributed by atoms with Crippen molar-refractivity contribution < 1.29 is 9.18 Å². The van der Waals surface area contributed by atoms with Gasteiger partial charge in [-0.05, 0) is 36.6 Å². The molecule has 2 aromatic rings. The quantitative estimate of drug-likeness (QED) is 0.669. The topological polar surface area (TPSA) is 55.1 Å². The maximum atomic E-state index is 13.0. The summed E-state index contributed by atoms with van der Waals surface area (Å²) in [7, 11) is 0. The summed E-state index contributed by atoms with van der Waals surface area (Å²) >= 11 is 3.08. The highest BCUT2D eigenvalue weighted by molar-refractivity contribution is 8.02. The van der Waals surface area contributed by atoms with Crippen molar-refractivity contribution in [2.45, 2.75) is 16.4 Å². The zero-order chi connectivity index (χ0) is 13.8.